The Morgan fingerprint density at radius 1 is 1.41 bits per heavy atom. The minimum Gasteiger partial charge on any atom is -0.475 e. The number of hydrogen-bond acceptors (Lipinski definition) is 2. The molecule has 1 fully saturated rings. The van der Waals surface area contributed by atoms with Crippen molar-refractivity contribution in [1.82, 2.24) is 5.32 Å². The van der Waals surface area contributed by atoms with E-state index >= 15 is 0 Å². The van der Waals surface area contributed by atoms with Crippen molar-refractivity contribution in [2.75, 3.05) is 13.1 Å². The Labute approximate surface area is 98.7 Å². The van der Waals surface area contributed by atoms with Gasteiger partial charge in [0.15, 0.2) is 0 Å². The number of halogens is 3. The Morgan fingerprint density at radius 3 is 2.24 bits per heavy atom. The zero-order valence-corrected chi connectivity index (χ0v) is 9.59. The molecule has 1 heterocycles. The average molecular weight is 253 g/mol. The number of rotatable bonds is 3. The molecule has 0 saturated carbocycles. The van der Waals surface area contributed by atoms with Gasteiger partial charge in [0.2, 0.25) is 0 Å². The molecule has 0 aromatic rings. The van der Waals surface area contributed by atoms with E-state index in [-0.39, 0.29) is 0 Å². The molecule has 0 unspecified atom stereocenters. The first kappa shape index (κ1) is 16.0. The van der Waals surface area contributed by atoms with Crippen LogP contribution in [0.3, 0.4) is 0 Å². The zero-order valence-electron chi connectivity index (χ0n) is 9.59. The van der Waals surface area contributed by atoms with E-state index < -0.39 is 12.1 Å². The lowest BCUT2D eigenvalue weighted by Gasteiger charge is -2.21. The number of nitrogens with one attached hydrogen (secondary N) is 1. The molecular weight excluding hydrogens is 235 g/mol. The van der Waals surface area contributed by atoms with E-state index in [0.29, 0.717) is 0 Å². The van der Waals surface area contributed by atoms with Gasteiger partial charge < -0.3 is 10.4 Å². The summed E-state index contributed by atoms with van der Waals surface area (Å²) in [5.41, 5.74) is 0. The second kappa shape index (κ2) is 8.11. The van der Waals surface area contributed by atoms with Crippen molar-refractivity contribution >= 4 is 5.97 Å². The largest absolute Gasteiger partial charge is 0.490 e. The topological polar surface area (TPSA) is 49.3 Å². The van der Waals surface area contributed by atoms with E-state index in [4.69, 9.17) is 9.90 Å². The number of aliphatic carboxylic acids is 1. The number of carbonyl (C=O) groups is 1. The fourth-order valence-corrected chi connectivity index (χ4v) is 1.52. The highest BCUT2D eigenvalue weighted by Gasteiger charge is 2.38. The second-order valence-corrected chi connectivity index (χ2v) is 3.86. The van der Waals surface area contributed by atoms with Crippen molar-refractivity contribution in [1.29, 1.82) is 0 Å². The van der Waals surface area contributed by atoms with Crippen LogP contribution in [0.1, 0.15) is 25.7 Å². The molecule has 1 rings (SSSR count). The van der Waals surface area contributed by atoms with Gasteiger partial charge in [-0.1, -0.05) is 6.08 Å². The summed E-state index contributed by atoms with van der Waals surface area (Å²) in [4.78, 5) is 8.90. The third-order valence-electron chi connectivity index (χ3n) is 2.48. The maximum Gasteiger partial charge on any atom is 0.490 e. The van der Waals surface area contributed by atoms with E-state index in [0.717, 1.165) is 5.92 Å². The number of hydrogen-bond donors (Lipinski definition) is 2. The normalized spacial score (nSPS) is 16.9. The zero-order chi connectivity index (χ0) is 13.3. The van der Waals surface area contributed by atoms with Crippen LogP contribution in [0.2, 0.25) is 0 Å². The molecule has 1 aliphatic rings. The molecule has 2 N–H and O–H groups in total. The van der Waals surface area contributed by atoms with Crippen molar-refractivity contribution in [3.63, 3.8) is 0 Å². The fraction of sp³-hybridized carbons (Fsp3) is 0.727. The second-order valence-electron chi connectivity index (χ2n) is 3.86. The summed E-state index contributed by atoms with van der Waals surface area (Å²) in [7, 11) is 0. The maximum absolute atomic E-state index is 10.6. The standard InChI is InChI=1S/C9H17N.C2HF3O2/c1-2-3-4-9-5-7-10-8-6-9;3-2(4,5)1(6)7/h2,9-10H,1,3-8H2;(H,6,7). The number of carboxylic acid groups (broad SMARTS) is 1. The SMILES string of the molecule is C=CCCC1CCNCC1.O=C(O)C(F)(F)F. The van der Waals surface area contributed by atoms with Crippen LogP contribution in [0.25, 0.3) is 0 Å². The Morgan fingerprint density at radius 2 is 1.88 bits per heavy atom. The lowest BCUT2D eigenvalue weighted by molar-refractivity contribution is -0.192. The molecule has 0 aromatic heterocycles. The number of alkyl halides is 3. The summed E-state index contributed by atoms with van der Waals surface area (Å²) in [6.45, 7) is 6.18. The van der Waals surface area contributed by atoms with Gasteiger partial charge in [-0.15, -0.1) is 6.58 Å². The van der Waals surface area contributed by atoms with Gasteiger partial charge in [-0.05, 0) is 44.7 Å². The van der Waals surface area contributed by atoms with Crippen LogP contribution in [0, 0.1) is 5.92 Å². The number of piperidine rings is 1. The summed E-state index contributed by atoms with van der Waals surface area (Å²) < 4.78 is 31.7. The summed E-state index contributed by atoms with van der Waals surface area (Å²) >= 11 is 0. The van der Waals surface area contributed by atoms with E-state index in [9.17, 15) is 13.2 Å². The van der Waals surface area contributed by atoms with E-state index in [2.05, 4.69) is 11.9 Å². The molecule has 0 amide bonds. The lowest BCUT2D eigenvalue weighted by atomic mass is 9.93. The van der Waals surface area contributed by atoms with E-state index in [1.54, 1.807) is 0 Å². The predicted molar refractivity (Wildman–Crippen MR) is 58.7 cm³/mol. The summed E-state index contributed by atoms with van der Waals surface area (Å²) in [6.07, 6.45) is 2.24. The molecular formula is C11H18F3NO2. The molecule has 0 atom stereocenters. The van der Waals surface area contributed by atoms with Crippen molar-refractivity contribution in [2.24, 2.45) is 5.92 Å². The van der Waals surface area contributed by atoms with Crippen LogP contribution < -0.4 is 5.32 Å². The van der Waals surface area contributed by atoms with Crippen LogP contribution in [-0.2, 0) is 4.79 Å². The van der Waals surface area contributed by atoms with Gasteiger partial charge >= 0.3 is 12.1 Å². The monoisotopic (exact) mass is 253 g/mol. The first-order valence-corrected chi connectivity index (χ1v) is 5.49. The third-order valence-corrected chi connectivity index (χ3v) is 2.48. The van der Waals surface area contributed by atoms with E-state index in [1.165, 1.54) is 38.8 Å². The smallest absolute Gasteiger partial charge is 0.475 e. The molecule has 1 aliphatic heterocycles. The Balaban J connectivity index is 0.000000325. The van der Waals surface area contributed by atoms with Crippen molar-refractivity contribution in [2.45, 2.75) is 31.9 Å². The molecule has 0 aliphatic carbocycles. The highest BCUT2D eigenvalue weighted by Crippen LogP contribution is 2.17. The van der Waals surface area contributed by atoms with Crippen LogP contribution in [0.4, 0.5) is 13.2 Å². The summed E-state index contributed by atoms with van der Waals surface area (Å²) in [6, 6.07) is 0. The van der Waals surface area contributed by atoms with E-state index in [1.807, 2.05) is 6.08 Å². The summed E-state index contributed by atoms with van der Waals surface area (Å²) in [5.74, 6) is -1.79. The fourth-order valence-electron chi connectivity index (χ4n) is 1.52. The molecule has 100 valence electrons. The minimum atomic E-state index is -5.08. The van der Waals surface area contributed by atoms with Gasteiger partial charge in [-0.2, -0.15) is 13.2 Å². The molecule has 0 radical (unpaired) electrons. The van der Waals surface area contributed by atoms with Gasteiger partial charge in [0.25, 0.3) is 0 Å². The molecule has 3 nitrogen and oxygen atoms in total. The van der Waals surface area contributed by atoms with Gasteiger partial charge in [0, 0.05) is 0 Å². The Kier molecular flexibility index (Phi) is 7.61. The predicted octanol–water partition coefficient (Wildman–Crippen LogP) is 2.59. The molecule has 0 aromatic carbocycles. The lowest BCUT2D eigenvalue weighted by Crippen LogP contribution is -2.27. The van der Waals surface area contributed by atoms with Crippen molar-refractivity contribution < 1.29 is 23.1 Å². The molecule has 0 spiro atoms. The molecule has 0 bridgehead atoms. The van der Waals surface area contributed by atoms with Crippen molar-refractivity contribution in [3.05, 3.63) is 12.7 Å². The van der Waals surface area contributed by atoms with Crippen LogP contribution >= 0.6 is 0 Å². The van der Waals surface area contributed by atoms with Gasteiger partial charge in [-0.3, -0.25) is 0 Å². The quantitative estimate of drug-likeness (QED) is 0.760. The molecule has 1 saturated heterocycles. The average Bonchev–Trinajstić information content (AvgIpc) is 2.27. The van der Waals surface area contributed by atoms with Gasteiger partial charge in [0.1, 0.15) is 0 Å². The Bertz CT molecular complexity index is 235. The highest BCUT2D eigenvalue weighted by molar-refractivity contribution is 5.73. The minimum absolute atomic E-state index is 0.972. The van der Waals surface area contributed by atoms with Gasteiger partial charge in [-0.25, -0.2) is 4.79 Å². The number of allylic oxidation sites excluding steroid dienone is 1. The Hall–Kier alpha value is -1.04. The number of carboxylic acids is 1. The van der Waals surface area contributed by atoms with Crippen molar-refractivity contribution in [3.8, 4) is 0 Å². The molecule has 17 heavy (non-hydrogen) atoms. The summed E-state index contributed by atoms with van der Waals surface area (Å²) in [5, 5.41) is 10.5. The van der Waals surface area contributed by atoms with Crippen LogP contribution in [0.15, 0.2) is 12.7 Å². The van der Waals surface area contributed by atoms with Crippen LogP contribution in [-0.4, -0.2) is 30.3 Å². The molecule has 6 heteroatoms. The first-order valence-electron chi connectivity index (χ1n) is 5.49. The third kappa shape index (κ3) is 8.74. The van der Waals surface area contributed by atoms with Crippen LogP contribution in [0.5, 0.6) is 0 Å². The van der Waals surface area contributed by atoms with Gasteiger partial charge in [0.05, 0.1) is 0 Å². The maximum atomic E-state index is 10.6. The highest BCUT2D eigenvalue weighted by atomic mass is 19.4. The first-order chi connectivity index (χ1) is 7.88.